The molecule has 0 unspecified atom stereocenters. The lowest BCUT2D eigenvalue weighted by atomic mass is 10.0. The zero-order valence-corrected chi connectivity index (χ0v) is 72.4. The lowest BCUT2D eigenvalue weighted by Gasteiger charge is -2.30. The lowest BCUT2D eigenvalue weighted by Crippen LogP contribution is -2.50. The van der Waals surface area contributed by atoms with Crippen LogP contribution in [0.25, 0.3) is 0 Å². The minimum atomic E-state index is -1.56. The van der Waals surface area contributed by atoms with Gasteiger partial charge in [-0.05, 0) is 150 Å². The SMILES string of the molecule is CC(C)(C)OC(=O)N[C@@H](CC(=O)OCc1ccccc1)C(=O)N1Cc2ccc(cc2)CN(C(=O)[C@H](CC(=O)OCc2ccccc2)NC(=O)OC(C)(C)C)Cc2ccc(cc2)CN(C(=O)[C@H](CC(=O)OCc2ccccc2)NC(=O)OC(C)(C)C)Cc2ccc(cc2)CN(C(=O)[C@H](CC(=O)OCc2ccccc2)NC(=O)OC(C)(C)C)Cc2ccc(cc2)C1. The molecule has 0 spiro atoms. The Hall–Kier alpha value is -13.4. The van der Waals surface area contributed by atoms with Gasteiger partial charge in [0.05, 0.1) is 25.7 Å². The molecule has 0 saturated carbocycles. The van der Waals surface area contributed by atoms with E-state index in [1.54, 1.807) is 277 Å². The Bertz CT molecular complexity index is 4200. The van der Waals surface area contributed by atoms with Crippen LogP contribution in [0.4, 0.5) is 19.2 Å². The zero-order chi connectivity index (χ0) is 89.7. The van der Waals surface area contributed by atoms with Crippen LogP contribution < -0.4 is 21.3 Å². The van der Waals surface area contributed by atoms with Gasteiger partial charge in [0.2, 0.25) is 23.6 Å². The molecule has 8 aromatic carbocycles. The Balaban J connectivity index is 1.15. The molecule has 15 rings (SSSR count). The van der Waals surface area contributed by atoms with Crippen molar-refractivity contribution in [3.63, 3.8) is 0 Å². The summed E-state index contributed by atoms with van der Waals surface area (Å²) in [4.78, 5) is 179. The highest BCUT2D eigenvalue weighted by atomic mass is 16.6. The minimum absolute atomic E-state index is 0.133. The first-order valence-electron chi connectivity index (χ1n) is 41.0. The molecule has 8 bridgehead atoms. The van der Waals surface area contributed by atoms with Gasteiger partial charge in [0.15, 0.2) is 0 Å². The number of esters is 4. The van der Waals surface area contributed by atoms with Crippen LogP contribution in [0, 0.1) is 0 Å². The molecule has 656 valence electrons. The van der Waals surface area contributed by atoms with Crippen LogP contribution in [0.1, 0.15) is 176 Å². The van der Waals surface area contributed by atoms with Crippen molar-refractivity contribution in [1.29, 1.82) is 0 Å². The van der Waals surface area contributed by atoms with E-state index >= 15 is 19.2 Å². The van der Waals surface area contributed by atoms with Gasteiger partial charge in [-0.2, -0.15) is 0 Å². The van der Waals surface area contributed by atoms with Crippen molar-refractivity contribution >= 4 is 71.9 Å². The minimum Gasteiger partial charge on any atom is -0.461 e. The van der Waals surface area contributed by atoms with Crippen LogP contribution in [0.5, 0.6) is 0 Å². The first-order valence-corrected chi connectivity index (χ1v) is 41.0. The maximum absolute atomic E-state index is 15.6. The quantitative estimate of drug-likeness (QED) is 0.0322. The summed E-state index contributed by atoms with van der Waals surface area (Å²) in [7, 11) is 0. The van der Waals surface area contributed by atoms with E-state index in [0.717, 1.165) is 0 Å². The van der Waals surface area contributed by atoms with Crippen molar-refractivity contribution in [2.75, 3.05) is 0 Å². The highest BCUT2D eigenvalue weighted by Gasteiger charge is 2.37. The molecule has 28 heteroatoms. The molecular weight excluding hydrogens is 1590 g/mol. The van der Waals surface area contributed by atoms with Gasteiger partial charge in [0.1, 0.15) is 73.0 Å². The molecule has 7 aliphatic heterocycles. The van der Waals surface area contributed by atoms with Crippen LogP contribution in [0.3, 0.4) is 0 Å². The van der Waals surface area contributed by atoms with Crippen LogP contribution >= 0.6 is 0 Å². The molecule has 0 fully saturated rings. The number of amides is 8. The molecule has 7 heterocycles. The van der Waals surface area contributed by atoms with E-state index in [4.69, 9.17) is 37.9 Å². The largest absolute Gasteiger partial charge is 0.461 e. The molecule has 4 N–H and O–H groups in total. The van der Waals surface area contributed by atoms with E-state index in [0.29, 0.717) is 66.8 Å². The van der Waals surface area contributed by atoms with E-state index in [1.165, 1.54) is 19.6 Å². The van der Waals surface area contributed by atoms with Gasteiger partial charge in [-0.3, -0.25) is 38.4 Å². The molecule has 28 nitrogen and oxygen atoms in total. The van der Waals surface area contributed by atoms with Gasteiger partial charge in [-0.15, -0.1) is 0 Å². The summed E-state index contributed by atoms with van der Waals surface area (Å²) >= 11 is 0. The third-order valence-corrected chi connectivity index (χ3v) is 18.7. The van der Waals surface area contributed by atoms with Crippen molar-refractivity contribution in [1.82, 2.24) is 40.9 Å². The molecular formula is C96H112N8O20. The number of rotatable bonds is 24. The number of alkyl carbamates (subject to hydrolysis) is 4. The fraction of sp³-hybridized carbons (Fsp3) is 0.375. The summed E-state index contributed by atoms with van der Waals surface area (Å²) in [6.45, 7) is 18.0. The number of carbonyl (C=O) groups excluding carboxylic acids is 12. The summed E-state index contributed by atoms with van der Waals surface area (Å²) in [5, 5.41) is 10.6. The van der Waals surface area contributed by atoms with Gasteiger partial charge in [-0.25, -0.2) is 19.2 Å². The normalized spacial score (nSPS) is 13.8. The van der Waals surface area contributed by atoms with E-state index in [1.807, 2.05) is 24.3 Å². The van der Waals surface area contributed by atoms with Gasteiger partial charge < -0.3 is 78.8 Å². The summed E-state index contributed by atoms with van der Waals surface area (Å²) < 4.78 is 45.4. The van der Waals surface area contributed by atoms with Crippen molar-refractivity contribution in [3.8, 4) is 0 Å². The van der Waals surface area contributed by atoms with Crippen LogP contribution in [-0.2, 0) is 155 Å². The van der Waals surface area contributed by atoms with Gasteiger partial charge in [0.25, 0.3) is 0 Å². The number of hydrogen-bond acceptors (Lipinski definition) is 20. The lowest BCUT2D eigenvalue weighted by molar-refractivity contribution is -0.149. The van der Waals surface area contributed by atoms with E-state index < -0.39 is 144 Å². The number of carbonyl (C=O) groups is 12. The summed E-state index contributed by atoms with van der Waals surface area (Å²) in [5.41, 5.74) is 2.85. The first-order chi connectivity index (χ1) is 58.8. The number of nitrogens with zero attached hydrogens (tertiary/aromatic N) is 4. The molecule has 0 saturated heterocycles. The smallest absolute Gasteiger partial charge is 0.408 e. The van der Waals surface area contributed by atoms with Gasteiger partial charge in [0, 0.05) is 52.4 Å². The number of hydrogen-bond donors (Lipinski definition) is 4. The third-order valence-electron chi connectivity index (χ3n) is 18.7. The second-order valence-electron chi connectivity index (χ2n) is 34.2. The van der Waals surface area contributed by atoms with E-state index in [9.17, 15) is 38.4 Å². The monoisotopic (exact) mass is 1700 g/mol. The first kappa shape index (κ1) is 94.5. The molecule has 8 aromatic rings. The van der Waals surface area contributed by atoms with Crippen LogP contribution in [0.15, 0.2) is 218 Å². The Labute approximate surface area is 723 Å². The fourth-order valence-electron chi connectivity index (χ4n) is 12.9. The molecule has 0 radical (unpaired) electrons. The number of ether oxygens (including phenoxy) is 8. The molecule has 124 heavy (non-hydrogen) atoms. The molecule has 7 aliphatic rings. The zero-order valence-electron chi connectivity index (χ0n) is 72.4. The number of nitrogens with one attached hydrogen (secondary N) is 4. The molecule has 8 amide bonds. The van der Waals surface area contributed by atoms with E-state index in [-0.39, 0.29) is 78.8 Å². The second kappa shape index (κ2) is 44.4. The average molecular weight is 1700 g/mol. The number of benzene rings is 8. The van der Waals surface area contributed by atoms with Gasteiger partial charge >= 0.3 is 48.3 Å². The average Bonchev–Trinajstić information content (AvgIpc) is 0.830. The third kappa shape index (κ3) is 33.2. The second-order valence-corrected chi connectivity index (χ2v) is 34.2. The molecule has 0 aliphatic carbocycles. The van der Waals surface area contributed by atoms with Crippen molar-refractivity contribution in [3.05, 3.63) is 285 Å². The maximum Gasteiger partial charge on any atom is 0.408 e. The molecule has 0 aromatic heterocycles. The summed E-state index contributed by atoms with van der Waals surface area (Å²) in [5.74, 6) is -6.10. The Morgan fingerprint density at radius 1 is 0.242 bits per heavy atom. The highest BCUT2D eigenvalue weighted by molar-refractivity contribution is 5.93. The van der Waals surface area contributed by atoms with Crippen LogP contribution in [0.2, 0.25) is 0 Å². The summed E-state index contributed by atoms with van der Waals surface area (Å²) in [6, 6.07) is 57.1. The summed E-state index contributed by atoms with van der Waals surface area (Å²) in [6.07, 6.45) is -6.43. The Morgan fingerprint density at radius 3 is 0.524 bits per heavy atom. The topological polar surface area (TPSA) is 340 Å². The van der Waals surface area contributed by atoms with Crippen molar-refractivity contribution < 1.29 is 95.4 Å². The van der Waals surface area contributed by atoms with Crippen LogP contribution in [-0.4, -0.2) is 138 Å². The Morgan fingerprint density at radius 2 is 0.387 bits per heavy atom. The van der Waals surface area contributed by atoms with Crippen molar-refractivity contribution in [2.24, 2.45) is 0 Å². The Kier molecular flexibility index (Phi) is 33.8. The predicted molar refractivity (Wildman–Crippen MR) is 459 cm³/mol. The standard InChI is InChI=1S/C96H112N8O20/c1-93(2,3)121-89(113)97-77(49-81(105)117-61-73-25-17-13-18-26-73)85(109)101-53-65-33-37-67(38-34-65)55-102(86(110)78(98-90(114)122-94(4,5)6)50-82(106)118-62-74-27-19-14-20-28-74)57-69-41-45-71(46-42-69)59-104(88(112)80(100-92(116)124-96(10,11)12)52-84(108)120-64-76-31-23-16-24-32-76)60-72-47-43-70(44-48-72)58-103(56-68-39-35-66(54-101)36-40-68)87(111)79(99-91(115)123-95(7,8)9)51-83(107)119-63-75-29-21-15-22-30-75/h13-48,77-80H,49-64H2,1-12H3,(H,97,113)(H,98,114)(H,99,115)(H,100,116)/t77-,78-,79-,80-/m0/s1. The maximum atomic E-state index is 15.6. The van der Waals surface area contributed by atoms with Crippen molar-refractivity contribution in [2.45, 2.75) is 234 Å². The van der Waals surface area contributed by atoms with Gasteiger partial charge in [-0.1, -0.05) is 218 Å². The van der Waals surface area contributed by atoms with E-state index in [2.05, 4.69) is 21.3 Å². The molecule has 4 atom stereocenters. The predicted octanol–water partition coefficient (Wildman–Crippen LogP) is 14.2. The fourth-order valence-corrected chi connectivity index (χ4v) is 12.9. The highest BCUT2D eigenvalue weighted by Crippen LogP contribution is 2.26.